The van der Waals surface area contributed by atoms with Crippen molar-refractivity contribution in [2.24, 2.45) is 5.10 Å². The molecule has 1 aromatic heterocycles. The minimum atomic E-state index is -0.261. The van der Waals surface area contributed by atoms with E-state index in [1.165, 1.54) is 5.56 Å². The van der Waals surface area contributed by atoms with Crippen LogP contribution in [0.25, 0.3) is 0 Å². The van der Waals surface area contributed by atoms with Crippen molar-refractivity contribution in [1.29, 1.82) is 0 Å². The van der Waals surface area contributed by atoms with Crippen LogP contribution < -0.4 is 9.47 Å². The maximum atomic E-state index is 6.32. The van der Waals surface area contributed by atoms with Gasteiger partial charge < -0.3 is 9.47 Å². The van der Waals surface area contributed by atoms with E-state index in [9.17, 15) is 0 Å². The van der Waals surface area contributed by atoms with Crippen LogP contribution in [0.2, 0.25) is 0 Å². The zero-order valence-electron chi connectivity index (χ0n) is 14.9. The van der Waals surface area contributed by atoms with E-state index in [1.54, 1.807) is 19.5 Å². The molecular formula is C22H19N3O2. The standard InChI is InChI=1S/C22H19N3O2/c1-26-17-8-6-15(7-9-17)19-14-20-18-4-2-3-5-21(18)27-22(25(20)24-19)16-10-12-23-13-11-16/h2-13,20,22H,14H2,1H3. The number of para-hydroxylation sites is 1. The number of benzene rings is 2. The number of fused-ring (bicyclic) bond motifs is 3. The first kappa shape index (κ1) is 15.9. The second-order valence-corrected chi connectivity index (χ2v) is 6.66. The van der Waals surface area contributed by atoms with Crippen molar-refractivity contribution in [2.45, 2.75) is 18.7 Å². The summed E-state index contributed by atoms with van der Waals surface area (Å²) in [4.78, 5) is 4.13. The van der Waals surface area contributed by atoms with Crippen LogP contribution in [0.1, 0.15) is 35.4 Å². The maximum Gasteiger partial charge on any atom is 0.213 e. The van der Waals surface area contributed by atoms with Crippen LogP contribution in [-0.4, -0.2) is 22.8 Å². The number of nitrogens with zero attached hydrogens (tertiary/aromatic N) is 3. The fraction of sp³-hybridized carbons (Fsp3) is 0.182. The third kappa shape index (κ3) is 2.72. The van der Waals surface area contributed by atoms with E-state index >= 15 is 0 Å². The second kappa shape index (κ2) is 6.43. The fourth-order valence-electron chi connectivity index (χ4n) is 3.74. The van der Waals surface area contributed by atoms with Crippen molar-refractivity contribution in [1.82, 2.24) is 9.99 Å². The Labute approximate surface area is 157 Å². The average molecular weight is 357 g/mol. The summed E-state index contributed by atoms with van der Waals surface area (Å²) in [5, 5.41) is 7.04. The first-order chi connectivity index (χ1) is 13.3. The van der Waals surface area contributed by atoms with Crippen LogP contribution in [0.3, 0.4) is 0 Å². The van der Waals surface area contributed by atoms with Crippen LogP contribution in [-0.2, 0) is 0 Å². The number of aromatic nitrogens is 1. The molecule has 2 unspecified atom stereocenters. The van der Waals surface area contributed by atoms with Gasteiger partial charge in [0.25, 0.3) is 0 Å². The van der Waals surface area contributed by atoms with Crippen molar-refractivity contribution < 1.29 is 9.47 Å². The summed E-state index contributed by atoms with van der Waals surface area (Å²) >= 11 is 0. The van der Waals surface area contributed by atoms with Gasteiger partial charge in [-0.2, -0.15) is 5.10 Å². The molecule has 2 aliphatic rings. The summed E-state index contributed by atoms with van der Waals surface area (Å²) < 4.78 is 11.6. The maximum absolute atomic E-state index is 6.32. The SMILES string of the molecule is COc1ccc(C2=NN3C(C2)c2ccccc2OC3c2ccncc2)cc1. The molecule has 5 nitrogen and oxygen atoms in total. The molecule has 0 saturated carbocycles. The topological polar surface area (TPSA) is 47.0 Å². The first-order valence-electron chi connectivity index (χ1n) is 8.99. The van der Waals surface area contributed by atoms with E-state index in [1.807, 2.05) is 36.4 Å². The Bertz CT molecular complexity index is 986. The third-order valence-electron chi connectivity index (χ3n) is 5.11. The van der Waals surface area contributed by atoms with E-state index in [-0.39, 0.29) is 12.3 Å². The predicted molar refractivity (Wildman–Crippen MR) is 103 cm³/mol. The molecule has 134 valence electrons. The van der Waals surface area contributed by atoms with Crippen LogP contribution in [0.15, 0.2) is 78.2 Å². The summed E-state index contributed by atoms with van der Waals surface area (Å²) in [6, 6.07) is 20.4. The number of rotatable bonds is 3. The molecule has 2 atom stereocenters. The Morgan fingerprint density at radius 3 is 2.56 bits per heavy atom. The molecule has 27 heavy (non-hydrogen) atoms. The van der Waals surface area contributed by atoms with Gasteiger partial charge in [0.1, 0.15) is 11.5 Å². The zero-order valence-corrected chi connectivity index (χ0v) is 14.9. The second-order valence-electron chi connectivity index (χ2n) is 6.66. The molecule has 5 heteroatoms. The van der Waals surface area contributed by atoms with Gasteiger partial charge in [0.2, 0.25) is 6.23 Å². The molecule has 0 fully saturated rings. The lowest BCUT2D eigenvalue weighted by Crippen LogP contribution is -2.33. The van der Waals surface area contributed by atoms with Crippen molar-refractivity contribution >= 4 is 5.71 Å². The third-order valence-corrected chi connectivity index (χ3v) is 5.11. The summed E-state index contributed by atoms with van der Waals surface area (Å²) in [6.45, 7) is 0. The van der Waals surface area contributed by atoms with Gasteiger partial charge in [-0.05, 0) is 48.0 Å². The van der Waals surface area contributed by atoms with E-state index in [2.05, 4.69) is 34.3 Å². The van der Waals surface area contributed by atoms with E-state index in [0.717, 1.165) is 34.8 Å². The number of hydrogen-bond acceptors (Lipinski definition) is 5. The van der Waals surface area contributed by atoms with Crippen molar-refractivity contribution in [3.05, 3.63) is 89.7 Å². The zero-order chi connectivity index (χ0) is 18.2. The Hall–Kier alpha value is -3.34. The van der Waals surface area contributed by atoms with Crippen molar-refractivity contribution in [2.75, 3.05) is 7.11 Å². The number of hydrogen-bond donors (Lipinski definition) is 0. The highest BCUT2D eigenvalue weighted by molar-refractivity contribution is 6.02. The highest BCUT2D eigenvalue weighted by atomic mass is 16.5. The van der Waals surface area contributed by atoms with Crippen LogP contribution in [0.4, 0.5) is 0 Å². The highest BCUT2D eigenvalue weighted by Gasteiger charge is 2.40. The molecule has 3 heterocycles. The number of ether oxygens (including phenoxy) is 2. The van der Waals surface area contributed by atoms with Crippen LogP contribution in [0, 0.1) is 0 Å². The first-order valence-corrected chi connectivity index (χ1v) is 8.99. The summed E-state index contributed by atoms with van der Waals surface area (Å²) in [5.74, 6) is 1.77. The Kier molecular flexibility index (Phi) is 3.78. The molecule has 0 N–H and O–H groups in total. The lowest BCUT2D eigenvalue weighted by molar-refractivity contribution is -0.0190. The van der Waals surface area contributed by atoms with Gasteiger partial charge in [0, 0.05) is 29.9 Å². The van der Waals surface area contributed by atoms with Gasteiger partial charge in [-0.25, -0.2) is 5.01 Å². The Morgan fingerprint density at radius 1 is 1.00 bits per heavy atom. The van der Waals surface area contributed by atoms with E-state index < -0.39 is 0 Å². The molecule has 2 aliphatic heterocycles. The van der Waals surface area contributed by atoms with Gasteiger partial charge in [-0.15, -0.1) is 0 Å². The largest absolute Gasteiger partial charge is 0.497 e. The summed E-state index contributed by atoms with van der Waals surface area (Å²) in [7, 11) is 1.68. The van der Waals surface area contributed by atoms with Gasteiger partial charge in [-0.1, -0.05) is 18.2 Å². The summed E-state index contributed by atoms with van der Waals surface area (Å²) in [5.41, 5.74) is 4.39. The van der Waals surface area contributed by atoms with Gasteiger partial charge in [-0.3, -0.25) is 4.98 Å². The van der Waals surface area contributed by atoms with Crippen molar-refractivity contribution in [3.8, 4) is 11.5 Å². The highest BCUT2D eigenvalue weighted by Crippen LogP contribution is 2.47. The van der Waals surface area contributed by atoms with Crippen LogP contribution in [0.5, 0.6) is 11.5 Å². The average Bonchev–Trinajstić information content (AvgIpc) is 3.19. The molecule has 0 saturated heterocycles. The molecule has 0 radical (unpaired) electrons. The quantitative estimate of drug-likeness (QED) is 0.700. The molecule has 3 aromatic rings. The molecule has 0 amide bonds. The molecule has 0 aliphatic carbocycles. The molecular weight excluding hydrogens is 338 g/mol. The molecule has 0 spiro atoms. The lowest BCUT2D eigenvalue weighted by atomic mass is 9.96. The number of hydrazone groups is 1. The minimum Gasteiger partial charge on any atom is -0.497 e. The number of methoxy groups -OCH3 is 1. The normalized spacial score (nSPS) is 20.3. The van der Waals surface area contributed by atoms with Gasteiger partial charge >= 0.3 is 0 Å². The predicted octanol–water partition coefficient (Wildman–Crippen LogP) is 4.33. The van der Waals surface area contributed by atoms with E-state index in [0.29, 0.717) is 0 Å². The van der Waals surface area contributed by atoms with Gasteiger partial charge in [0.05, 0.1) is 18.9 Å². The van der Waals surface area contributed by atoms with Crippen molar-refractivity contribution in [3.63, 3.8) is 0 Å². The van der Waals surface area contributed by atoms with Crippen LogP contribution >= 0.6 is 0 Å². The smallest absolute Gasteiger partial charge is 0.213 e. The van der Waals surface area contributed by atoms with E-state index in [4.69, 9.17) is 14.6 Å². The summed E-state index contributed by atoms with van der Waals surface area (Å²) in [6.07, 6.45) is 4.16. The monoisotopic (exact) mass is 357 g/mol. The molecule has 0 bridgehead atoms. The number of pyridine rings is 1. The molecule has 2 aromatic carbocycles. The molecule has 5 rings (SSSR count). The Morgan fingerprint density at radius 2 is 1.78 bits per heavy atom. The Balaban J connectivity index is 1.56. The minimum absolute atomic E-state index is 0.158. The lowest BCUT2D eigenvalue weighted by Gasteiger charge is -2.38. The fourth-order valence-corrected chi connectivity index (χ4v) is 3.74. The van der Waals surface area contributed by atoms with Gasteiger partial charge in [0.15, 0.2) is 0 Å².